The van der Waals surface area contributed by atoms with E-state index < -0.39 is 0 Å². The zero-order valence-corrected chi connectivity index (χ0v) is 16.0. The van der Waals surface area contributed by atoms with E-state index in [0.29, 0.717) is 5.15 Å². The molecule has 0 aliphatic heterocycles. The number of hydrogen-bond donors (Lipinski definition) is 1. The van der Waals surface area contributed by atoms with E-state index in [4.69, 9.17) is 16.6 Å². The average Bonchev–Trinajstić information content (AvgIpc) is 2.93. The Bertz CT molecular complexity index is 947. The summed E-state index contributed by atoms with van der Waals surface area (Å²) in [5.41, 5.74) is 5.12. The molecule has 0 aromatic carbocycles. The SMILES string of the molecule is CCc1nc2sc3c(Cl)ncnc3c2c2c1CCC(C)(C)C2NC. The van der Waals surface area contributed by atoms with Gasteiger partial charge in [-0.15, -0.1) is 11.3 Å². The number of nitrogens with zero attached hydrogens (tertiary/aromatic N) is 3. The van der Waals surface area contributed by atoms with Crippen LogP contribution in [0.25, 0.3) is 20.4 Å². The lowest BCUT2D eigenvalue weighted by atomic mass is 9.69. The molecule has 0 fully saturated rings. The van der Waals surface area contributed by atoms with Gasteiger partial charge in [-0.25, -0.2) is 15.0 Å². The standard InChI is InChI=1S/C18H21ClN4S/c1-5-10-9-6-7-18(2,3)15(20-4)11(9)12-13-14(24-17(12)23-10)16(19)22-8-21-13/h8,15,20H,5-7H2,1-4H3. The Labute approximate surface area is 150 Å². The van der Waals surface area contributed by atoms with Crippen molar-refractivity contribution < 1.29 is 0 Å². The lowest BCUT2D eigenvalue weighted by Gasteiger charge is -2.41. The highest BCUT2D eigenvalue weighted by Crippen LogP contribution is 2.49. The lowest BCUT2D eigenvalue weighted by Crippen LogP contribution is -2.37. The van der Waals surface area contributed by atoms with Crippen LogP contribution in [0.2, 0.25) is 5.15 Å². The molecule has 6 heteroatoms. The Balaban J connectivity index is 2.19. The van der Waals surface area contributed by atoms with Crippen LogP contribution in [-0.4, -0.2) is 22.0 Å². The van der Waals surface area contributed by atoms with E-state index in [1.807, 2.05) is 0 Å². The fraction of sp³-hybridized carbons (Fsp3) is 0.500. The molecule has 1 aliphatic rings. The molecule has 4 nitrogen and oxygen atoms in total. The molecular formula is C18H21ClN4S. The minimum atomic E-state index is 0.187. The second kappa shape index (κ2) is 5.61. The molecule has 126 valence electrons. The molecule has 0 spiro atoms. The van der Waals surface area contributed by atoms with Gasteiger partial charge >= 0.3 is 0 Å². The number of aromatic nitrogens is 3. The summed E-state index contributed by atoms with van der Waals surface area (Å²) in [4.78, 5) is 14.7. The van der Waals surface area contributed by atoms with Gasteiger partial charge in [-0.3, -0.25) is 0 Å². The van der Waals surface area contributed by atoms with E-state index in [-0.39, 0.29) is 11.5 Å². The van der Waals surface area contributed by atoms with E-state index in [1.165, 1.54) is 22.2 Å². The number of nitrogens with one attached hydrogen (secondary N) is 1. The largest absolute Gasteiger partial charge is 0.313 e. The summed E-state index contributed by atoms with van der Waals surface area (Å²) in [6, 6.07) is 0.281. The monoisotopic (exact) mass is 360 g/mol. The molecule has 3 aromatic rings. The highest BCUT2D eigenvalue weighted by Gasteiger charge is 2.38. The number of halogens is 1. The van der Waals surface area contributed by atoms with E-state index in [1.54, 1.807) is 17.7 Å². The number of pyridine rings is 1. The Morgan fingerprint density at radius 3 is 2.88 bits per heavy atom. The third-order valence-corrected chi connectivity index (χ3v) is 6.78. The first kappa shape index (κ1) is 16.2. The summed E-state index contributed by atoms with van der Waals surface area (Å²) in [6.45, 7) is 6.86. The molecule has 3 heterocycles. The summed E-state index contributed by atoms with van der Waals surface area (Å²) in [6.07, 6.45) is 4.73. The zero-order chi connectivity index (χ0) is 17.1. The molecule has 0 saturated carbocycles. The van der Waals surface area contributed by atoms with Crippen LogP contribution in [0.15, 0.2) is 6.33 Å². The van der Waals surface area contributed by atoms with Gasteiger partial charge < -0.3 is 5.32 Å². The van der Waals surface area contributed by atoms with Crippen molar-refractivity contribution in [1.29, 1.82) is 0 Å². The van der Waals surface area contributed by atoms with Crippen molar-refractivity contribution in [2.75, 3.05) is 7.05 Å². The van der Waals surface area contributed by atoms with Crippen molar-refractivity contribution in [3.63, 3.8) is 0 Å². The molecule has 24 heavy (non-hydrogen) atoms. The summed E-state index contributed by atoms with van der Waals surface area (Å²) < 4.78 is 0.940. The lowest BCUT2D eigenvalue weighted by molar-refractivity contribution is 0.220. The van der Waals surface area contributed by atoms with E-state index in [2.05, 4.69) is 43.1 Å². The third kappa shape index (κ3) is 2.18. The average molecular weight is 361 g/mol. The van der Waals surface area contributed by atoms with Crippen molar-refractivity contribution in [2.24, 2.45) is 5.41 Å². The Hall–Kier alpha value is -1.30. The van der Waals surface area contributed by atoms with Gasteiger partial charge in [-0.2, -0.15) is 0 Å². The Kier molecular flexibility index (Phi) is 3.79. The smallest absolute Gasteiger partial charge is 0.150 e. The highest BCUT2D eigenvalue weighted by atomic mass is 35.5. The number of fused-ring (bicyclic) bond motifs is 5. The zero-order valence-electron chi connectivity index (χ0n) is 14.4. The summed E-state index contributed by atoms with van der Waals surface area (Å²) >= 11 is 7.94. The molecule has 0 radical (unpaired) electrons. The van der Waals surface area contributed by atoms with Crippen molar-refractivity contribution in [1.82, 2.24) is 20.3 Å². The number of hydrogen-bond acceptors (Lipinski definition) is 5. The van der Waals surface area contributed by atoms with Crippen molar-refractivity contribution in [3.05, 3.63) is 28.3 Å². The topological polar surface area (TPSA) is 50.7 Å². The summed E-state index contributed by atoms with van der Waals surface area (Å²) in [7, 11) is 2.05. The minimum absolute atomic E-state index is 0.187. The van der Waals surface area contributed by atoms with Gasteiger partial charge in [-0.05, 0) is 42.9 Å². The minimum Gasteiger partial charge on any atom is -0.313 e. The maximum atomic E-state index is 6.33. The van der Waals surface area contributed by atoms with Crippen LogP contribution < -0.4 is 5.32 Å². The Morgan fingerprint density at radius 1 is 1.38 bits per heavy atom. The fourth-order valence-electron chi connectivity index (χ4n) is 4.09. The summed E-state index contributed by atoms with van der Waals surface area (Å²) in [5, 5.41) is 5.25. The molecule has 1 N–H and O–H groups in total. The van der Waals surface area contributed by atoms with Gasteiger partial charge in [0.25, 0.3) is 0 Å². The quantitative estimate of drug-likeness (QED) is 0.673. The number of aryl methyl sites for hydroxylation is 1. The van der Waals surface area contributed by atoms with Crippen molar-refractivity contribution >= 4 is 43.4 Å². The predicted octanol–water partition coefficient (Wildman–Crippen LogP) is 4.69. The van der Waals surface area contributed by atoms with Gasteiger partial charge in [0, 0.05) is 17.1 Å². The second-order valence-corrected chi connectivity index (χ2v) is 8.50. The van der Waals surface area contributed by atoms with Gasteiger partial charge in [0.1, 0.15) is 16.3 Å². The van der Waals surface area contributed by atoms with E-state index >= 15 is 0 Å². The van der Waals surface area contributed by atoms with Crippen LogP contribution in [0.3, 0.4) is 0 Å². The van der Waals surface area contributed by atoms with Gasteiger partial charge in [-0.1, -0.05) is 32.4 Å². The summed E-state index contributed by atoms with van der Waals surface area (Å²) in [5.74, 6) is 0. The molecule has 0 amide bonds. The molecular weight excluding hydrogens is 340 g/mol. The van der Waals surface area contributed by atoms with Gasteiger partial charge in [0.05, 0.1) is 10.2 Å². The number of rotatable bonds is 2. The number of thiophene rings is 1. The fourth-order valence-corrected chi connectivity index (χ4v) is 5.39. The first-order valence-corrected chi connectivity index (χ1v) is 9.59. The normalized spacial score (nSPS) is 19.8. The highest BCUT2D eigenvalue weighted by molar-refractivity contribution is 7.26. The van der Waals surface area contributed by atoms with Crippen LogP contribution in [0.1, 0.15) is 50.1 Å². The van der Waals surface area contributed by atoms with Crippen molar-refractivity contribution in [2.45, 2.75) is 46.1 Å². The van der Waals surface area contributed by atoms with Gasteiger partial charge in [0.15, 0.2) is 0 Å². The Morgan fingerprint density at radius 2 is 2.17 bits per heavy atom. The molecule has 0 saturated heterocycles. The first-order valence-electron chi connectivity index (χ1n) is 8.39. The molecule has 1 atom stereocenters. The van der Waals surface area contributed by atoms with Crippen LogP contribution in [0.4, 0.5) is 0 Å². The molecule has 1 unspecified atom stereocenters. The van der Waals surface area contributed by atoms with E-state index in [9.17, 15) is 0 Å². The maximum Gasteiger partial charge on any atom is 0.150 e. The molecule has 4 rings (SSSR count). The van der Waals surface area contributed by atoms with Crippen LogP contribution in [0, 0.1) is 5.41 Å². The first-order chi connectivity index (χ1) is 11.5. The molecule has 3 aromatic heterocycles. The van der Waals surface area contributed by atoms with Crippen molar-refractivity contribution in [3.8, 4) is 0 Å². The second-order valence-electron chi connectivity index (χ2n) is 7.14. The van der Waals surface area contributed by atoms with Crippen LogP contribution in [-0.2, 0) is 12.8 Å². The predicted molar refractivity (Wildman–Crippen MR) is 101 cm³/mol. The maximum absolute atomic E-state index is 6.33. The molecule has 1 aliphatic carbocycles. The van der Waals surface area contributed by atoms with Gasteiger partial charge in [0.2, 0.25) is 0 Å². The molecule has 0 bridgehead atoms. The van der Waals surface area contributed by atoms with Crippen LogP contribution in [0.5, 0.6) is 0 Å². The van der Waals surface area contributed by atoms with E-state index in [0.717, 1.165) is 34.3 Å². The third-order valence-electron chi connectivity index (χ3n) is 5.30. The van der Waals surface area contributed by atoms with Crippen LogP contribution >= 0.6 is 22.9 Å².